The van der Waals surface area contributed by atoms with Gasteiger partial charge in [-0.05, 0) is 34.5 Å². The number of amides is 1. The number of hydrogen-bond acceptors (Lipinski definition) is 3. The predicted molar refractivity (Wildman–Crippen MR) is 66.1 cm³/mol. The van der Waals surface area contributed by atoms with Gasteiger partial charge in [0.15, 0.2) is 0 Å². The van der Waals surface area contributed by atoms with Crippen molar-refractivity contribution in [2.75, 3.05) is 5.32 Å². The molecule has 1 heterocycles. The van der Waals surface area contributed by atoms with Gasteiger partial charge in [0, 0.05) is 0 Å². The third kappa shape index (κ3) is 4.59. The van der Waals surface area contributed by atoms with E-state index in [-0.39, 0.29) is 18.3 Å². The lowest BCUT2D eigenvalue weighted by molar-refractivity contribution is -0.117. The number of nitrogens with one attached hydrogen (secondary N) is 1. The van der Waals surface area contributed by atoms with Gasteiger partial charge < -0.3 is 11.1 Å². The molecule has 0 saturated heterocycles. The Bertz CT molecular complexity index is 335. The number of pyridine rings is 1. The molecule has 0 aromatic carbocycles. The van der Waals surface area contributed by atoms with Crippen molar-refractivity contribution in [2.24, 2.45) is 5.73 Å². The minimum Gasteiger partial charge on any atom is -0.320 e. The van der Waals surface area contributed by atoms with Crippen LogP contribution in [0.2, 0.25) is 0 Å². The average Bonchev–Trinajstić information content (AvgIpc) is 2.16. The van der Waals surface area contributed by atoms with E-state index < -0.39 is 6.04 Å². The predicted octanol–water partition coefficient (Wildman–Crippen LogP) is 1.94. The maximum Gasteiger partial charge on any atom is 0.242 e. The van der Waals surface area contributed by atoms with Gasteiger partial charge in [-0.1, -0.05) is 13.0 Å². The normalized spacial score (nSPS) is 11.4. The highest BCUT2D eigenvalue weighted by molar-refractivity contribution is 9.10. The van der Waals surface area contributed by atoms with Crippen molar-refractivity contribution in [1.29, 1.82) is 0 Å². The van der Waals surface area contributed by atoms with E-state index in [1.165, 1.54) is 0 Å². The summed E-state index contributed by atoms with van der Waals surface area (Å²) in [6.45, 7) is 1.86. The van der Waals surface area contributed by atoms with Crippen LogP contribution in [0.25, 0.3) is 0 Å². The fourth-order valence-corrected chi connectivity index (χ4v) is 1.23. The smallest absolute Gasteiger partial charge is 0.242 e. The molecule has 0 aliphatic rings. The highest BCUT2D eigenvalue weighted by Gasteiger charge is 2.11. The Labute approximate surface area is 103 Å². The number of hydrogen-bond donors (Lipinski definition) is 2. The van der Waals surface area contributed by atoms with Crippen LogP contribution in [0.15, 0.2) is 22.8 Å². The molecule has 1 aromatic heterocycles. The lowest BCUT2D eigenvalue weighted by Gasteiger charge is -2.08. The van der Waals surface area contributed by atoms with Gasteiger partial charge in [-0.2, -0.15) is 0 Å². The van der Waals surface area contributed by atoms with Crippen molar-refractivity contribution in [1.82, 2.24) is 4.98 Å². The van der Waals surface area contributed by atoms with Crippen LogP contribution < -0.4 is 11.1 Å². The van der Waals surface area contributed by atoms with Crippen molar-refractivity contribution in [3.05, 3.63) is 22.8 Å². The highest BCUT2D eigenvalue weighted by atomic mass is 79.9. The standard InChI is InChI=1S/C9H12BrN3O.ClH/c1-2-6(11)9(14)13-8-5-3-4-7(10)12-8;/h3-6H,2,11H2,1H3,(H,12,13,14);1H. The Balaban J connectivity index is 0.00000196. The van der Waals surface area contributed by atoms with E-state index >= 15 is 0 Å². The lowest BCUT2D eigenvalue weighted by Crippen LogP contribution is -2.35. The van der Waals surface area contributed by atoms with Crippen molar-refractivity contribution in [3.63, 3.8) is 0 Å². The molecular weight excluding hydrogens is 281 g/mol. The van der Waals surface area contributed by atoms with Gasteiger partial charge in [-0.15, -0.1) is 12.4 Å². The summed E-state index contributed by atoms with van der Waals surface area (Å²) in [5, 5.41) is 2.63. The minimum absolute atomic E-state index is 0. The van der Waals surface area contributed by atoms with E-state index in [1.54, 1.807) is 18.2 Å². The van der Waals surface area contributed by atoms with Gasteiger partial charge in [-0.3, -0.25) is 4.79 Å². The molecule has 15 heavy (non-hydrogen) atoms. The van der Waals surface area contributed by atoms with Crippen LogP contribution in [0.1, 0.15) is 13.3 Å². The number of carbonyl (C=O) groups excluding carboxylic acids is 1. The Morgan fingerprint density at radius 2 is 2.33 bits per heavy atom. The second kappa shape index (κ2) is 6.76. The molecule has 4 nitrogen and oxygen atoms in total. The number of nitrogens with two attached hydrogens (primary N) is 1. The lowest BCUT2D eigenvalue weighted by atomic mass is 10.2. The van der Waals surface area contributed by atoms with Crippen LogP contribution in [0.5, 0.6) is 0 Å². The number of rotatable bonds is 3. The van der Waals surface area contributed by atoms with Crippen LogP contribution in [-0.4, -0.2) is 16.9 Å². The zero-order chi connectivity index (χ0) is 10.6. The summed E-state index contributed by atoms with van der Waals surface area (Å²) in [7, 11) is 0. The van der Waals surface area contributed by atoms with Crippen LogP contribution in [-0.2, 0) is 4.79 Å². The quantitative estimate of drug-likeness (QED) is 0.837. The Kier molecular flexibility index (Phi) is 6.47. The number of anilines is 1. The highest BCUT2D eigenvalue weighted by Crippen LogP contribution is 2.10. The topological polar surface area (TPSA) is 68.0 Å². The number of aromatic nitrogens is 1. The third-order valence-electron chi connectivity index (χ3n) is 1.74. The first-order chi connectivity index (χ1) is 6.63. The molecule has 6 heteroatoms. The van der Waals surface area contributed by atoms with Gasteiger partial charge in [0.25, 0.3) is 0 Å². The summed E-state index contributed by atoms with van der Waals surface area (Å²) in [5.74, 6) is 0.298. The number of halogens is 2. The van der Waals surface area contributed by atoms with Crippen LogP contribution >= 0.6 is 28.3 Å². The van der Waals surface area contributed by atoms with E-state index in [9.17, 15) is 4.79 Å². The van der Waals surface area contributed by atoms with Crippen molar-refractivity contribution >= 4 is 40.1 Å². The third-order valence-corrected chi connectivity index (χ3v) is 2.18. The largest absolute Gasteiger partial charge is 0.320 e. The molecule has 0 fully saturated rings. The maximum absolute atomic E-state index is 11.4. The Hall–Kier alpha value is -0.650. The summed E-state index contributed by atoms with van der Waals surface area (Å²) in [5.41, 5.74) is 5.55. The summed E-state index contributed by atoms with van der Waals surface area (Å²) in [6, 6.07) is 4.82. The molecule has 0 aliphatic carbocycles. The van der Waals surface area contributed by atoms with Crippen LogP contribution in [0, 0.1) is 0 Å². The molecule has 1 unspecified atom stereocenters. The molecule has 1 rings (SSSR count). The van der Waals surface area contributed by atoms with Gasteiger partial charge in [0.2, 0.25) is 5.91 Å². The molecule has 1 atom stereocenters. The van der Waals surface area contributed by atoms with Gasteiger partial charge >= 0.3 is 0 Å². The van der Waals surface area contributed by atoms with Gasteiger partial charge in [0.1, 0.15) is 10.4 Å². The van der Waals surface area contributed by atoms with Gasteiger partial charge in [-0.25, -0.2) is 4.98 Å². The fourth-order valence-electron chi connectivity index (χ4n) is 0.882. The first-order valence-corrected chi connectivity index (χ1v) is 5.11. The minimum atomic E-state index is -0.476. The number of carbonyl (C=O) groups is 1. The Morgan fingerprint density at radius 3 is 2.87 bits per heavy atom. The summed E-state index contributed by atoms with van der Waals surface area (Å²) >= 11 is 3.21. The first-order valence-electron chi connectivity index (χ1n) is 4.32. The van der Waals surface area contributed by atoms with E-state index in [2.05, 4.69) is 26.2 Å². The molecule has 0 spiro atoms. The SMILES string of the molecule is CCC(N)C(=O)Nc1cccc(Br)n1.Cl. The van der Waals surface area contributed by atoms with E-state index in [0.717, 1.165) is 0 Å². The van der Waals surface area contributed by atoms with Crippen LogP contribution in [0.3, 0.4) is 0 Å². The van der Waals surface area contributed by atoms with Crippen molar-refractivity contribution in [2.45, 2.75) is 19.4 Å². The summed E-state index contributed by atoms with van der Waals surface area (Å²) in [4.78, 5) is 15.4. The molecule has 1 aromatic rings. The molecule has 3 N–H and O–H groups in total. The zero-order valence-electron chi connectivity index (χ0n) is 8.24. The van der Waals surface area contributed by atoms with Crippen LogP contribution in [0.4, 0.5) is 5.82 Å². The van der Waals surface area contributed by atoms with Gasteiger partial charge in [0.05, 0.1) is 6.04 Å². The second-order valence-corrected chi connectivity index (χ2v) is 3.66. The van der Waals surface area contributed by atoms with Crippen molar-refractivity contribution < 1.29 is 4.79 Å². The Morgan fingerprint density at radius 1 is 1.67 bits per heavy atom. The summed E-state index contributed by atoms with van der Waals surface area (Å²) in [6.07, 6.45) is 0.611. The average molecular weight is 295 g/mol. The molecule has 84 valence electrons. The molecule has 0 bridgehead atoms. The second-order valence-electron chi connectivity index (χ2n) is 2.85. The zero-order valence-corrected chi connectivity index (χ0v) is 10.6. The van der Waals surface area contributed by atoms with Crippen molar-refractivity contribution in [3.8, 4) is 0 Å². The van der Waals surface area contributed by atoms with E-state index in [0.29, 0.717) is 16.8 Å². The monoisotopic (exact) mass is 293 g/mol. The van der Waals surface area contributed by atoms with E-state index in [1.807, 2.05) is 6.92 Å². The molecule has 1 amide bonds. The fraction of sp³-hybridized carbons (Fsp3) is 0.333. The molecular formula is C9H13BrClN3O. The maximum atomic E-state index is 11.4. The first kappa shape index (κ1) is 14.3. The number of nitrogens with zero attached hydrogens (tertiary/aromatic N) is 1. The molecule has 0 saturated carbocycles. The molecule has 0 radical (unpaired) electrons. The summed E-state index contributed by atoms with van der Waals surface area (Å²) < 4.78 is 0.681. The molecule has 0 aliphatic heterocycles. The van der Waals surface area contributed by atoms with E-state index in [4.69, 9.17) is 5.73 Å².